The van der Waals surface area contributed by atoms with E-state index in [0.717, 1.165) is 6.92 Å². The van der Waals surface area contributed by atoms with Crippen molar-refractivity contribution in [1.82, 2.24) is 0 Å². The molecule has 15 heavy (non-hydrogen) atoms. The summed E-state index contributed by atoms with van der Waals surface area (Å²) in [6, 6.07) is 0. The molecule has 0 aliphatic carbocycles. The van der Waals surface area contributed by atoms with Crippen LogP contribution in [0.15, 0.2) is 0 Å². The van der Waals surface area contributed by atoms with E-state index >= 15 is 0 Å². The third-order valence-corrected chi connectivity index (χ3v) is 0.901. The standard InChI is InChI=1S/C6H8O5.C2H6O2/c1-4(7)11-6(10)3-2-5(8)9;3-1-2-4/h2-3H2,1H3,(H,8,9);3-4H,1-2H2. The zero-order valence-electron chi connectivity index (χ0n) is 8.30. The van der Waals surface area contributed by atoms with Gasteiger partial charge < -0.3 is 20.1 Å². The summed E-state index contributed by atoms with van der Waals surface area (Å²) in [7, 11) is 0. The molecule has 0 amide bonds. The van der Waals surface area contributed by atoms with Crippen LogP contribution in [0.5, 0.6) is 0 Å². The first-order chi connectivity index (χ1) is 6.93. The number of hydrogen-bond acceptors (Lipinski definition) is 6. The smallest absolute Gasteiger partial charge is 0.314 e. The highest BCUT2D eigenvalue weighted by atomic mass is 16.6. The minimum atomic E-state index is -1.09. The minimum absolute atomic E-state index is 0.125. The topological polar surface area (TPSA) is 121 Å². The average Bonchev–Trinajstić information content (AvgIpc) is 2.14. The molecule has 3 N–H and O–H groups in total. The zero-order chi connectivity index (χ0) is 12.3. The Morgan fingerprint density at radius 1 is 1.07 bits per heavy atom. The second-order valence-corrected chi connectivity index (χ2v) is 2.31. The Bertz CT molecular complexity index is 209. The maximum absolute atomic E-state index is 10.5. The second kappa shape index (κ2) is 10.6. The predicted octanol–water partition coefficient (Wildman–Crippen LogP) is -1.09. The van der Waals surface area contributed by atoms with Gasteiger partial charge in [0, 0.05) is 6.92 Å². The number of esters is 2. The molecule has 0 aliphatic heterocycles. The van der Waals surface area contributed by atoms with Crippen molar-refractivity contribution in [2.45, 2.75) is 19.8 Å². The van der Waals surface area contributed by atoms with E-state index in [1.54, 1.807) is 0 Å². The van der Waals surface area contributed by atoms with Crippen molar-refractivity contribution in [3.63, 3.8) is 0 Å². The van der Waals surface area contributed by atoms with E-state index in [4.69, 9.17) is 15.3 Å². The molecule has 0 bridgehead atoms. The first-order valence-electron chi connectivity index (χ1n) is 4.08. The van der Waals surface area contributed by atoms with Crippen LogP contribution < -0.4 is 0 Å². The van der Waals surface area contributed by atoms with Gasteiger partial charge in [-0.25, -0.2) is 0 Å². The molecule has 0 saturated heterocycles. The average molecular weight is 222 g/mol. The number of carbonyl (C=O) groups excluding carboxylic acids is 2. The van der Waals surface area contributed by atoms with Crippen molar-refractivity contribution < 1.29 is 34.4 Å². The van der Waals surface area contributed by atoms with Gasteiger partial charge in [-0.05, 0) is 0 Å². The minimum Gasteiger partial charge on any atom is -0.481 e. The second-order valence-electron chi connectivity index (χ2n) is 2.31. The molecule has 7 heteroatoms. The highest BCUT2D eigenvalue weighted by molar-refractivity contribution is 5.85. The Labute approximate surface area is 86.3 Å². The summed E-state index contributed by atoms with van der Waals surface area (Å²) in [6.45, 7) is 0.832. The van der Waals surface area contributed by atoms with Gasteiger partial charge in [-0.1, -0.05) is 0 Å². The number of rotatable bonds is 4. The SMILES string of the molecule is CC(=O)OC(=O)CCC(=O)O.OCCO. The van der Waals surface area contributed by atoms with Gasteiger partial charge in [-0.15, -0.1) is 0 Å². The molecule has 0 aromatic carbocycles. The van der Waals surface area contributed by atoms with E-state index in [1.165, 1.54) is 0 Å². The molecule has 0 atom stereocenters. The lowest BCUT2D eigenvalue weighted by molar-refractivity contribution is -0.159. The lowest BCUT2D eigenvalue weighted by atomic mass is 10.3. The van der Waals surface area contributed by atoms with Crippen LogP contribution in [0.25, 0.3) is 0 Å². The quantitative estimate of drug-likeness (QED) is 0.408. The molecule has 0 unspecified atom stereocenters. The van der Waals surface area contributed by atoms with E-state index in [-0.39, 0.29) is 26.1 Å². The number of carboxylic acids is 1. The lowest BCUT2D eigenvalue weighted by Crippen LogP contribution is -2.10. The van der Waals surface area contributed by atoms with Gasteiger partial charge in [0.25, 0.3) is 0 Å². The number of carboxylic acid groups (broad SMARTS) is 1. The number of aliphatic hydroxyl groups is 2. The molecule has 0 spiro atoms. The Morgan fingerprint density at radius 2 is 1.53 bits per heavy atom. The largest absolute Gasteiger partial charge is 0.481 e. The van der Waals surface area contributed by atoms with Crippen molar-refractivity contribution in [3.05, 3.63) is 0 Å². The van der Waals surface area contributed by atoms with Gasteiger partial charge in [0.2, 0.25) is 0 Å². The van der Waals surface area contributed by atoms with Gasteiger partial charge in [-0.2, -0.15) is 0 Å². The van der Waals surface area contributed by atoms with E-state index in [9.17, 15) is 14.4 Å². The van der Waals surface area contributed by atoms with E-state index in [0.29, 0.717) is 0 Å². The molecule has 0 saturated carbocycles. The van der Waals surface area contributed by atoms with Crippen molar-refractivity contribution in [3.8, 4) is 0 Å². The summed E-state index contributed by atoms with van der Waals surface area (Å²) in [6.07, 6.45) is -0.582. The number of aliphatic carboxylic acids is 1. The first kappa shape index (κ1) is 16.0. The molecular formula is C8H14O7. The summed E-state index contributed by atoms with van der Waals surface area (Å²) in [5.74, 6) is -2.62. The summed E-state index contributed by atoms with van der Waals surface area (Å²) in [5, 5.41) is 23.4. The first-order valence-corrected chi connectivity index (χ1v) is 4.08. The van der Waals surface area contributed by atoms with Crippen LogP contribution >= 0.6 is 0 Å². The lowest BCUT2D eigenvalue weighted by Gasteiger charge is -1.95. The summed E-state index contributed by atoms with van der Waals surface area (Å²) < 4.78 is 4.06. The van der Waals surface area contributed by atoms with Crippen LogP contribution in [-0.4, -0.2) is 46.4 Å². The summed E-state index contributed by atoms with van der Waals surface area (Å²) in [4.78, 5) is 30.5. The van der Waals surface area contributed by atoms with Crippen LogP contribution in [0.1, 0.15) is 19.8 Å². The van der Waals surface area contributed by atoms with Gasteiger partial charge in [0.05, 0.1) is 26.1 Å². The van der Waals surface area contributed by atoms with Crippen LogP contribution in [-0.2, 0) is 19.1 Å². The van der Waals surface area contributed by atoms with E-state index in [1.807, 2.05) is 0 Å². The highest BCUT2D eigenvalue weighted by Crippen LogP contribution is 1.92. The molecule has 0 aliphatic rings. The van der Waals surface area contributed by atoms with Crippen LogP contribution in [0.3, 0.4) is 0 Å². The van der Waals surface area contributed by atoms with Crippen LogP contribution in [0.2, 0.25) is 0 Å². The Kier molecular flexibility index (Phi) is 11.3. The Morgan fingerprint density at radius 3 is 1.80 bits per heavy atom. The summed E-state index contributed by atoms with van der Waals surface area (Å²) in [5.41, 5.74) is 0. The number of hydrogen-bond donors (Lipinski definition) is 3. The van der Waals surface area contributed by atoms with Crippen molar-refractivity contribution in [1.29, 1.82) is 0 Å². The van der Waals surface area contributed by atoms with Gasteiger partial charge in [0.15, 0.2) is 0 Å². The van der Waals surface area contributed by atoms with Crippen LogP contribution in [0.4, 0.5) is 0 Å². The van der Waals surface area contributed by atoms with Gasteiger partial charge in [0.1, 0.15) is 0 Å². The fourth-order valence-corrected chi connectivity index (χ4v) is 0.420. The predicted molar refractivity (Wildman–Crippen MR) is 47.8 cm³/mol. The van der Waals surface area contributed by atoms with E-state index in [2.05, 4.69) is 4.74 Å². The Balaban J connectivity index is 0. The molecule has 0 rings (SSSR count). The summed E-state index contributed by atoms with van der Waals surface area (Å²) >= 11 is 0. The number of carbonyl (C=O) groups is 3. The molecule has 0 radical (unpaired) electrons. The number of aliphatic hydroxyl groups excluding tert-OH is 2. The van der Waals surface area contributed by atoms with Crippen LogP contribution in [0, 0.1) is 0 Å². The van der Waals surface area contributed by atoms with Gasteiger partial charge in [-0.3, -0.25) is 14.4 Å². The van der Waals surface area contributed by atoms with Crippen molar-refractivity contribution >= 4 is 17.9 Å². The maximum Gasteiger partial charge on any atom is 0.314 e. The Hall–Kier alpha value is -1.47. The fourth-order valence-electron chi connectivity index (χ4n) is 0.420. The van der Waals surface area contributed by atoms with Crippen molar-refractivity contribution in [2.75, 3.05) is 13.2 Å². The molecule has 7 nitrogen and oxygen atoms in total. The molecule has 0 aromatic heterocycles. The molecule has 0 aromatic rings. The van der Waals surface area contributed by atoms with Crippen molar-refractivity contribution in [2.24, 2.45) is 0 Å². The monoisotopic (exact) mass is 222 g/mol. The number of ether oxygens (including phenoxy) is 1. The molecule has 88 valence electrons. The fraction of sp³-hybridized carbons (Fsp3) is 0.625. The normalized spacial score (nSPS) is 8.47. The zero-order valence-corrected chi connectivity index (χ0v) is 8.30. The third kappa shape index (κ3) is 19.1. The third-order valence-electron chi connectivity index (χ3n) is 0.901. The maximum atomic E-state index is 10.5. The van der Waals surface area contributed by atoms with Gasteiger partial charge >= 0.3 is 17.9 Å². The molecule has 0 heterocycles. The molecule has 0 fully saturated rings. The van der Waals surface area contributed by atoms with E-state index < -0.39 is 17.9 Å². The highest BCUT2D eigenvalue weighted by Gasteiger charge is 2.07. The molecular weight excluding hydrogens is 208 g/mol.